The molecule has 2 rings (SSSR count). The van der Waals surface area contributed by atoms with Crippen molar-refractivity contribution in [3.63, 3.8) is 0 Å². The number of halogens is 1. The molecule has 2 aromatic rings. The highest BCUT2D eigenvalue weighted by molar-refractivity contribution is 6.31. The van der Waals surface area contributed by atoms with Gasteiger partial charge in [0.25, 0.3) is 0 Å². The number of nitriles is 1. The molecular formula is C16H15ClN2. The lowest BCUT2D eigenvalue weighted by Gasteiger charge is -2.14. The van der Waals surface area contributed by atoms with Crippen LogP contribution in [-0.2, 0) is 6.54 Å². The predicted molar refractivity (Wildman–Crippen MR) is 77.8 cm³/mol. The summed E-state index contributed by atoms with van der Waals surface area (Å²) in [7, 11) is 0. The second-order valence-electron chi connectivity index (χ2n) is 4.39. The minimum Gasteiger partial charge on any atom is -0.294 e. The van der Waals surface area contributed by atoms with Gasteiger partial charge in [-0.15, -0.1) is 0 Å². The zero-order valence-electron chi connectivity index (χ0n) is 10.7. The van der Waals surface area contributed by atoms with E-state index in [1.807, 2.05) is 30.3 Å². The summed E-state index contributed by atoms with van der Waals surface area (Å²) in [5.74, 6) is 0. The number of nitrogens with zero attached hydrogens (tertiary/aromatic N) is 1. The zero-order valence-corrected chi connectivity index (χ0v) is 11.5. The summed E-state index contributed by atoms with van der Waals surface area (Å²) in [5, 5.41) is 13.1. The van der Waals surface area contributed by atoms with Gasteiger partial charge < -0.3 is 0 Å². The third-order valence-corrected chi connectivity index (χ3v) is 3.45. The van der Waals surface area contributed by atoms with Gasteiger partial charge in [0, 0.05) is 17.1 Å². The van der Waals surface area contributed by atoms with Crippen molar-refractivity contribution < 1.29 is 0 Å². The largest absolute Gasteiger partial charge is 0.294 e. The van der Waals surface area contributed by atoms with E-state index in [0.29, 0.717) is 11.6 Å². The first-order valence-electron chi connectivity index (χ1n) is 6.14. The number of benzene rings is 2. The Kier molecular flexibility index (Phi) is 4.57. The van der Waals surface area contributed by atoms with Crippen LogP contribution in [0.2, 0.25) is 5.02 Å². The number of hydrogen-bond donors (Lipinski definition) is 1. The van der Waals surface area contributed by atoms with Crippen LogP contribution in [0.1, 0.15) is 22.7 Å². The van der Waals surface area contributed by atoms with E-state index in [2.05, 4.69) is 30.4 Å². The number of aryl methyl sites for hydroxylation is 1. The van der Waals surface area contributed by atoms with E-state index in [1.165, 1.54) is 11.1 Å². The van der Waals surface area contributed by atoms with Gasteiger partial charge in [-0.3, -0.25) is 5.32 Å². The molecule has 0 fully saturated rings. The van der Waals surface area contributed by atoms with Gasteiger partial charge in [-0.05, 0) is 24.1 Å². The Morgan fingerprint density at radius 3 is 2.53 bits per heavy atom. The molecule has 1 unspecified atom stereocenters. The average Bonchev–Trinajstić information content (AvgIpc) is 2.43. The third-order valence-electron chi connectivity index (χ3n) is 3.10. The van der Waals surface area contributed by atoms with Crippen molar-refractivity contribution in [3.8, 4) is 6.07 Å². The number of rotatable bonds is 4. The van der Waals surface area contributed by atoms with Crippen LogP contribution in [0, 0.1) is 18.3 Å². The van der Waals surface area contributed by atoms with Crippen LogP contribution in [0.3, 0.4) is 0 Å². The fraction of sp³-hybridized carbons (Fsp3) is 0.188. The first-order valence-corrected chi connectivity index (χ1v) is 6.52. The minimum absolute atomic E-state index is 0.395. The molecule has 0 amide bonds. The number of hydrogen-bond acceptors (Lipinski definition) is 2. The van der Waals surface area contributed by atoms with Crippen LogP contribution < -0.4 is 5.32 Å². The SMILES string of the molecule is Cc1ccccc1CNC(C#N)c1ccccc1Cl. The molecule has 1 atom stereocenters. The van der Waals surface area contributed by atoms with Crippen molar-refractivity contribution in [2.45, 2.75) is 19.5 Å². The first kappa shape index (κ1) is 13.6. The average molecular weight is 271 g/mol. The van der Waals surface area contributed by atoms with Gasteiger partial charge >= 0.3 is 0 Å². The zero-order chi connectivity index (χ0) is 13.7. The minimum atomic E-state index is -0.395. The smallest absolute Gasteiger partial charge is 0.123 e. The maximum atomic E-state index is 9.28. The van der Waals surface area contributed by atoms with Gasteiger partial charge in [0.05, 0.1) is 6.07 Å². The molecule has 2 nitrogen and oxygen atoms in total. The maximum Gasteiger partial charge on any atom is 0.123 e. The summed E-state index contributed by atoms with van der Waals surface area (Å²) in [6.45, 7) is 2.71. The van der Waals surface area contributed by atoms with Crippen molar-refractivity contribution in [1.29, 1.82) is 5.26 Å². The summed E-state index contributed by atoms with van der Waals surface area (Å²) in [5.41, 5.74) is 3.22. The quantitative estimate of drug-likeness (QED) is 0.911. The topological polar surface area (TPSA) is 35.8 Å². The van der Waals surface area contributed by atoms with Crippen molar-refractivity contribution in [2.24, 2.45) is 0 Å². The standard InChI is InChI=1S/C16H15ClN2/c1-12-6-2-3-7-13(12)11-19-16(10-18)14-8-4-5-9-15(14)17/h2-9,16,19H,11H2,1H3. The Morgan fingerprint density at radius 1 is 1.16 bits per heavy atom. The summed E-state index contributed by atoms with van der Waals surface area (Å²) in [6, 6.07) is 17.4. The van der Waals surface area contributed by atoms with Gasteiger partial charge in [0.2, 0.25) is 0 Å². The Balaban J connectivity index is 2.12. The van der Waals surface area contributed by atoms with Crippen molar-refractivity contribution in [2.75, 3.05) is 0 Å². The van der Waals surface area contributed by atoms with E-state index in [0.717, 1.165) is 5.56 Å². The monoisotopic (exact) mass is 270 g/mol. The molecule has 0 spiro atoms. The molecule has 0 radical (unpaired) electrons. The molecule has 19 heavy (non-hydrogen) atoms. The van der Waals surface area contributed by atoms with Gasteiger partial charge in [0.1, 0.15) is 6.04 Å². The Bertz CT molecular complexity index is 602. The fourth-order valence-electron chi connectivity index (χ4n) is 1.95. The lowest BCUT2D eigenvalue weighted by atomic mass is 10.1. The Labute approximate surface area is 118 Å². The Morgan fingerprint density at radius 2 is 1.84 bits per heavy atom. The van der Waals surface area contributed by atoms with E-state index in [9.17, 15) is 5.26 Å². The van der Waals surface area contributed by atoms with Crippen LogP contribution in [0.4, 0.5) is 0 Å². The summed E-state index contributed by atoms with van der Waals surface area (Å²) in [4.78, 5) is 0. The molecule has 0 bridgehead atoms. The van der Waals surface area contributed by atoms with Crippen molar-refractivity contribution in [3.05, 3.63) is 70.2 Å². The highest BCUT2D eigenvalue weighted by Crippen LogP contribution is 2.22. The van der Waals surface area contributed by atoms with E-state index < -0.39 is 6.04 Å². The normalized spacial score (nSPS) is 11.8. The summed E-state index contributed by atoms with van der Waals surface area (Å²) >= 11 is 6.12. The number of nitrogens with one attached hydrogen (secondary N) is 1. The molecule has 0 aromatic heterocycles. The van der Waals surface area contributed by atoms with Gasteiger partial charge in [-0.25, -0.2) is 0 Å². The molecule has 0 saturated heterocycles. The lowest BCUT2D eigenvalue weighted by Crippen LogP contribution is -2.20. The summed E-state index contributed by atoms with van der Waals surface area (Å²) in [6.07, 6.45) is 0. The van der Waals surface area contributed by atoms with Crippen molar-refractivity contribution in [1.82, 2.24) is 5.32 Å². The van der Waals surface area contributed by atoms with Crippen LogP contribution in [-0.4, -0.2) is 0 Å². The molecule has 0 saturated carbocycles. The third kappa shape index (κ3) is 3.35. The molecular weight excluding hydrogens is 256 g/mol. The van der Waals surface area contributed by atoms with E-state index in [4.69, 9.17) is 11.6 Å². The molecule has 0 aliphatic carbocycles. The molecule has 0 aliphatic rings. The van der Waals surface area contributed by atoms with Crippen LogP contribution in [0.5, 0.6) is 0 Å². The van der Waals surface area contributed by atoms with Crippen LogP contribution >= 0.6 is 11.6 Å². The highest BCUT2D eigenvalue weighted by Gasteiger charge is 2.13. The predicted octanol–water partition coefficient (Wildman–Crippen LogP) is 4.00. The Hall–Kier alpha value is -1.82. The van der Waals surface area contributed by atoms with E-state index in [-0.39, 0.29) is 0 Å². The van der Waals surface area contributed by atoms with Gasteiger partial charge in [-0.1, -0.05) is 54.1 Å². The molecule has 3 heteroatoms. The molecule has 2 aromatic carbocycles. The fourth-order valence-corrected chi connectivity index (χ4v) is 2.20. The van der Waals surface area contributed by atoms with Gasteiger partial charge in [-0.2, -0.15) is 5.26 Å². The van der Waals surface area contributed by atoms with Crippen molar-refractivity contribution >= 4 is 11.6 Å². The lowest BCUT2D eigenvalue weighted by molar-refractivity contribution is 0.629. The second kappa shape index (κ2) is 6.38. The molecule has 0 heterocycles. The van der Waals surface area contributed by atoms with E-state index in [1.54, 1.807) is 6.07 Å². The van der Waals surface area contributed by atoms with Crippen LogP contribution in [0.15, 0.2) is 48.5 Å². The first-order chi connectivity index (χ1) is 9.22. The second-order valence-corrected chi connectivity index (χ2v) is 4.80. The van der Waals surface area contributed by atoms with E-state index >= 15 is 0 Å². The molecule has 96 valence electrons. The maximum absolute atomic E-state index is 9.28. The summed E-state index contributed by atoms with van der Waals surface area (Å²) < 4.78 is 0. The molecule has 1 N–H and O–H groups in total. The van der Waals surface area contributed by atoms with Gasteiger partial charge in [0.15, 0.2) is 0 Å². The van der Waals surface area contributed by atoms with Crippen LogP contribution in [0.25, 0.3) is 0 Å². The highest BCUT2D eigenvalue weighted by atomic mass is 35.5. The molecule has 0 aliphatic heterocycles.